The average molecular weight is 312 g/mol. The van der Waals surface area contributed by atoms with Crippen molar-refractivity contribution in [1.29, 1.82) is 0 Å². The molecule has 6 heteroatoms. The largest absolute Gasteiger partial charge is 0.326 e. The molecule has 13 heavy (non-hydrogen) atoms. The van der Waals surface area contributed by atoms with Gasteiger partial charge in [0.05, 0.1) is 8.49 Å². The fraction of sp³-hybridized carbons (Fsp3) is 0.143. The first-order valence-electron chi connectivity index (χ1n) is 3.38. The molecule has 0 saturated heterocycles. The van der Waals surface area contributed by atoms with Gasteiger partial charge in [0.1, 0.15) is 0 Å². The normalized spacial score (nSPS) is 10.1. The topological polar surface area (TPSA) is 69.2 Å². The average Bonchev–Trinajstić information content (AvgIpc) is 2.08. The van der Waals surface area contributed by atoms with Crippen LogP contribution in [0.25, 0.3) is 0 Å². The third-order valence-corrected chi connectivity index (χ3v) is 2.97. The van der Waals surface area contributed by atoms with Gasteiger partial charge in [-0.2, -0.15) is 0 Å². The van der Waals surface area contributed by atoms with Gasteiger partial charge >= 0.3 is 0 Å². The molecule has 0 atom stereocenters. The molecule has 1 aromatic rings. The van der Waals surface area contributed by atoms with Crippen molar-refractivity contribution in [2.24, 2.45) is 5.73 Å². The minimum absolute atomic E-state index is 0.00792. The maximum Gasteiger partial charge on any atom is 0.284 e. The van der Waals surface area contributed by atoms with Crippen LogP contribution in [0.4, 0.5) is 5.69 Å². The summed E-state index contributed by atoms with van der Waals surface area (Å²) in [6, 6.07) is 2.96. The number of nitrogens with zero attached hydrogens (tertiary/aromatic N) is 1. The van der Waals surface area contributed by atoms with Crippen molar-refractivity contribution in [3.05, 3.63) is 36.4 Å². The monoisotopic (exact) mass is 312 g/mol. The molecule has 2 N–H and O–H groups in total. The van der Waals surface area contributed by atoms with Crippen molar-refractivity contribution in [3.8, 4) is 0 Å². The Kier molecular flexibility index (Phi) is 3.46. The SMILES string of the molecule is NCc1cc(Cl)cc([N+](=O)[O-])c1I. The number of halogens is 2. The lowest BCUT2D eigenvalue weighted by Crippen LogP contribution is -2.02. The first-order valence-corrected chi connectivity index (χ1v) is 4.84. The lowest BCUT2D eigenvalue weighted by atomic mass is 10.2. The van der Waals surface area contributed by atoms with Crippen LogP contribution in [0.15, 0.2) is 12.1 Å². The van der Waals surface area contributed by atoms with E-state index < -0.39 is 4.92 Å². The second kappa shape index (κ2) is 4.21. The molecule has 0 unspecified atom stereocenters. The van der Waals surface area contributed by atoms with Crippen LogP contribution in [-0.2, 0) is 6.54 Å². The highest BCUT2D eigenvalue weighted by Crippen LogP contribution is 2.28. The number of hydrogen-bond acceptors (Lipinski definition) is 3. The molecule has 0 fully saturated rings. The van der Waals surface area contributed by atoms with E-state index in [1.165, 1.54) is 6.07 Å². The van der Waals surface area contributed by atoms with Gasteiger partial charge in [-0.15, -0.1) is 0 Å². The second-order valence-electron chi connectivity index (χ2n) is 2.36. The lowest BCUT2D eigenvalue weighted by molar-refractivity contribution is -0.385. The second-order valence-corrected chi connectivity index (χ2v) is 3.87. The highest BCUT2D eigenvalue weighted by molar-refractivity contribution is 14.1. The zero-order chi connectivity index (χ0) is 10.0. The van der Waals surface area contributed by atoms with E-state index in [0.717, 1.165) is 0 Å². The Morgan fingerprint density at radius 3 is 2.69 bits per heavy atom. The Morgan fingerprint density at radius 2 is 2.23 bits per heavy atom. The summed E-state index contributed by atoms with van der Waals surface area (Å²) in [6.45, 7) is 0.250. The summed E-state index contributed by atoms with van der Waals surface area (Å²) in [5, 5.41) is 10.9. The van der Waals surface area contributed by atoms with Crippen molar-refractivity contribution in [1.82, 2.24) is 0 Å². The maximum atomic E-state index is 10.5. The van der Waals surface area contributed by atoms with Gasteiger partial charge in [0.25, 0.3) is 5.69 Å². The predicted octanol–water partition coefficient (Wildman–Crippen LogP) is 2.31. The molecule has 1 rings (SSSR count). The minimum atomic E-state index is -0.465. The molecule has 0 aromatic heterocycles. The van der Waals surface area contributed by atoms with E-state index in [2.05, 4.69) is 0 Å². The maximum absolute atomic E-state index is 10.5. The molecule has 0 aliphatic rings. The first-order chi connectivity index (χ1) is 6.06. The highest BCUT2D eigenvalue weighted by Gasteiger charge is 2.15. The van der Waals surface area contributed by atoms with E-state index in [9.17, 15) is 10.1 Å². The van der Waals surface area contributed by atoms with Crippen LogP contribution in [0.5, 0.6) is 0 Å². The van der Waals surface area contributed by atoms with E-state index in [0.29, 0.717) is 14.2 Å². The molecule has 0 heterocycles. The van der Waals surface area contributed by atoms with Crippen molar-refractivity contribution >= 4 is 39.9 Å². The predicted molar refractivity (Wildman–Crippen MR) is 58.7 cm³/mol. The van der Waals surface area contributed by atoms with Crippen molar-refractivity contribution in [2.75, 3.05) is 0 Å². The molecule has 70 valence electrons. The molecule has 0 amide bonds. The molecule has 0 spiro atoms. The summed E-state index contributed by atoms with van der Waals surface area (Å²) in [7, 11) is 0. The van der Waals surface area contributed by atoms with Gasteiger partial charge in [0, 0.05) is 17.6 Å². The molecule has 0 aliphatic heterocycles. The van der Waals surface area contributed by atoms with Crippen LogP contribution in [0.3, 0.4) is 0 Å². The minimum Gasteiger partial charge on any atom is -0.326 e. The fourth-order valence-corrected chi connectivity index (χ4v) is 1.87. The number of benzene rings is 1. The molecule has 1 aromatic carbocycles. The Bertz CT molecular complexity index is 357. The summed E-state index contributed by atoms with van der Waals surface area (Å²) in [5.74, 6) is 0. The van der Waals surface area contributed by atoms with Gasteiger partial charge in [0.15, 0.2) is 0 Å². The number of hydrogen-bond donors (Lipinski definition) is 1. The summed E-state index contributed by atoms with van der Waals surface area (Å²) in [4.78, 5) is 10.1. The smallest absolute Gasteiger partial charge is 0.284 e. The summed E-state index contributed by atoms with van der Waals surface area (Å²) < 4.78 is 0.550. The zero-order valence-corrected chi connectivity index (χ0v) is 9.37. The third-order valence-electron chi connectivity index (χ3n) is 1.51. The number of rotatable bonds is 2. The van der Waals surface area contributed by atoms with E-state index in [1.807, 2.05) is 22.6 Å². The molecule has 0 saturated carbocycles. The van der Waals surface area contributed by atoms with Crippen LogP contribution in [0, 0.1) is 13.7 Å². The van der Waals surface area contributed by atoms with Gasteiger partial charge in [-0.3, -0.25) is 10.1 Å². The van der Waals surface area contributed by atoms with Crippen LogP contribution in [0.1, 0.15) is 5.56 Å². The van der Waals surface area contributed by atoms with Crippen molar-refractivity contribution in [2.45, 2.75) is 6.54 Å². The van der Waals surface area contributed by atoms with Crippen LogP contribution >= 0.6 is 34.2 Å². The van der Waals surface area contributed by atoms with Crippen LogP contribution < -0.4 is 5.73 Å². The lowest BCUT2D eigenvalue weighted by Gasteiger charge is -2.02. The molecular weight excluding hydrogens is 306 g/mol. The standard InChI is InChI=1S/C7H6ClIN2O2/c8-5-1-4(3-10)7(9)6(2-5)11(12)13/h1-2H,3,10H2. The summed E-state index contributed by atoms with van der Waals surface area (Å²) in [6.07, 6.45) is 0. The molecule has 0 bridgehead atoms. The fourth-order valence-electron chi connectivity index (χ4n) is 0.911. The van der Waals surface area contributed by atoms with Crippen LogP contribution in [0.2, 0.25) is 5.02 Å². The van der Waals surface area contributed by atoms with Gasteiger partial charge in [-0.25, -0.2) is 0 Å². The Labute approximate surface area is 93.4 Å². The number of nitro benzene ring substituents is 1. The molecule has 0 aliphatic carbocycles. The first kappa shape index (κ1) is 10.7. The number of nitrogens with two attached hydrogens (primary N) is 1. The van der Waals surface area contributed by atoms with Gasteiger partial charge in [0.2, 0.25) is 0 Å². The van der Waals surface area contributed by atoms with E-state index in [1.54, 1.807) is 6.07 Å². The van der Waals surface area contributed by atoms with E-state index in [4.69, 9.17) is 17.3 Å². The molecular formula is C7H6ClIN2O2. The quantitative estimate of drug-likeness (QED) is 0.517. The van der Waals surface area contributed by atoms with Gasteiger partial charge in [-0.1, -0.05) is 11.6 Å². The van der Waals surface area contributed by atoms with Crippen molar-refractivity contribution < 1.29 is 4.92 Å². The summed E-state index contributed by atoms with van der Waals surface area (Å²) >= 11 is 7.57. The van der Waals surface area contributed by atoms with Crippen LogP contribution in [-0.4, -0.2) is 4.92 Å². The number of nitro groups is 1. The van der Waals surface area contributed by atoms with Crippen molar-refractivity contribution in [3.63, 3.8) is 0 Å². The van der Waals surface area contributed by atoms with Gasteiger partial charge in [-0.05, 0) is 34.2 Å². The summed E-state index contributed by atoms with van der Waals surface area (Å²) in [5.41, 5.74) is 6.10. The Balaban J connectivity index is 3.35. The molecule has 4 nitrogen and oxygen atoms in total. The zero-order valence-electron chi connectivity index (χ0n) is 6.46. The van der Waals surface area contributed by atoms with E-state index >= 15 is 0 Å². The van der Waals surface area contributed by atoms with E-state index in [-0.39, 0.29) is 12.2 Å². The Hall–Kier alpha value is -0.400. The third kappa shape index (κ3) is 2.29. The Morgan fingerprint density at radius 1 is 1.62 bits per heavy atom. The molecule has 0 radical (unpaired) electrons. The highest BCUT2D eigenvalue weighted by atomic mass is 127. The van der Waals surface area contributed by atoms with Gasteiger partial charge < -0.3 is 5.73 Å².